The molecule has 0 unspecified atom stereocenters. The molecule has 0 spiro atoms. The van der Waals surface area contributed by atoms with Crippen LogP contribution in [0.15, 0.2) is 224 Å². The highest BCUT2D eigenvalue weighted by Gasteiger charge is 2.47. The van der Waals surface area contributed by atoms with E-state index < -0.39 is 0 Å². The van der Waals surface area contributed by atoms with E-state index >= 15 is 0 Å². The van der Waals surface area contributed by atoms with Gasteiger partial charge in [-0.15, -0.1) is 0 Å². The van der Waals surface area contributed by atoms with Crippen LogP contribution in [-0.4, -0.2) is 6.71 Å². The van der Waals surface area contributed by atoms with Gasteiger partial charge in [-0.2, -0.15) is 0 Å². The van der Waals surface area contributed by atoms with Crippen LogP contribution >= 0.6 is 0 Å². The predicted octanol–water partition coefficient (Wildman–Crippen LogP) is 16.8. The summed E-state index contributed by atoms with van der Waals surface area (Å²) in [6, 6.07) is 83.1. The van der Waals surface area contributed by atoms with E-state index in [1.54, 1.807) is 0 Å². The first-order chi connectivity index (χ1) is 35.0. The number of ether oxygens (including phenoxy) is 1. The zero-order chi connectivity index (χ0) is 48.9. The van der Waals surface area contributed by atoms with Crippen LogP contribution in [0.1, 0.15) is 52.7 Å². The lowest BCUT2D eigenvalue weighted by atomic mass is 9.33. The molecule has 3 nitrogen and oxygen atoms in total. The first-order valence-electron chi connectivity index (χ1n) is 25.4. The molecule has 10 aromatic carbocycles. The van der Waals surface area contributed by atoms with Crippen molar-refractivity contribution in [1.29, 1.82) is 0 Å². The summed E-state index contributed by atoms with van der Waals surface area (Å²) in [7, 11) is 0. The fraction of sp³-hybridized carbons (Fsp3) is 0.118. The van der Waals surface area contributed by atoms with E-state index in [4.69, 9.17) is 4.74 Å². The molecule has 3 aliphatic rings. The predicted molar refractivity (Wildman–Crippen MR) is 305 cm³/mol. The minimum atomic E-state index is -0.240. The molecule has 0 saturated carbocycles. The van der Waals surface area contributed by atoms with Crippen LogP contribution in [0.4, 0.5) is 34.1 Å². The molecule has 0 bridgehead atoms. The first kappa shape index (κ1) is 43.7. The third kappa shape index (κ3) is 7.11. The Bertz CT molecular complexity index is 3740. The number of nitrogens with zero attached hydrogens (tertiary/aromatic N) is 2. The summed E-state index contributed by atoms with van der Waals surface area (Å²) in [4.78, 5) is 5.26. The smallest absolute Gasteiger partial charge is 0.252 e. The van der Waals surface area contributed by atoms with E-state index in [1.807, 2.05) is 0 Å². The fourth-order valence-electron chi connectivity index (χ4n) is 11.6. The zero-order valence-corrected chi connectivity index (χ0v) is 41.7. The zero-order valence-electron chi connectivity index (χ0n) is 41.7. The monoisotopic (exact) mass is 926 g/mol. The summed E-state index contributed by atoms with van der Waals surface area (Å²) in [5.41, 5.74) is 24.4. The molecule has 0 N–H and O–H groups in total. The van der Waals surface area contributed by atoms with Crippen LogP contribution in [0.3, 0.4) is 0 Å². The summed E-state index contributed by atoms with van der Waals surface area (Å²) in [5.74, 6) is 1.65. The molecular formula is C68H55BN2O. The van der Waals surface area contributed by atoms with Gasteiger partial charge in [0.2, 0.25) is 0 Å². The summed E-state index contributed by atoms with van der Waals surface area (Å²) in [6.45, 7) is 14.0. The average Bonchev–Trinajstić information content (AvgIpc) is 3.40. The lowest BCUT2D eigenvalue weighted by molar-refractivity contribution is 0.486. The third-order valence-electron chi connectivity index (χ3n) is 15.1. The molecule has 0 aromatic heterocycles. The molecule has 0 fully saturated rings. The molecule has 4 heteroatoms. The molecule has 346 valence electrons. The minimum Gasteiger partial charge on any atom is -0.456 e. The molecule has 10 aromatic rings. The minimum absolute atomic E-state index is 0.148. The highest BCUT2D eigenvalue weighted by atomic mass is 16.5. The number of benzene rings is 10. The van der Waals surface area contributed by atoms with Crippen molar-refractivity contribution in [2.24, 2.45) is 0 Å². The van der Waals surface area contributed by atoms with Crippen molar-refractivity contribution >= 4 is 57.2 Å². The normalized spacial score (nSPS) is 13.2. The Morgan fingerprint density at radius 1 is 0.347 bits per heavy atom. The summed E-state index contributed by atoms with van der Waals surface area (Å²) in [5, 5.41) is 0. The highest BCUT2D eigenvalue weighted by molar-refractivity contribution is 7.00. The van der Waals surface area contributed by atoms with Crippen LogP contribution in [0, 0.1) is 0 Å². The Balaban J connectivity index is 1.22. The molecule has 72 heavy (non-hydrogen) atoms. The van der Waals surface area contributed by atoms with Gasteiger partial charge in [0.15, 0.2) is 0 Å². The summed E-state index contributed by atoms with van der Waals surface area (Å²) < 4.78 is 7.24. The second-order valence-corrected chi connectivity index (χ2v) is 21.7. The summed E-state index contributed by atoms with van der Waals surface area (Å²) in [6.07, 6.45) is 0. The Labute approximate surface area is 424 Å². The van der Waals surface area contributed by atoms with Crippen LogP contribution < -0.4 is 30.9 Å². The molecule has 0 aliphatic carbocycles. The van der Waals surface area contributed by atoms with Crippen LogP contribution in [0.2, 0.25) is 0 Å². The molecule has 0 radical (unpaired) electrons. The van der Waals surface area contributed by atoms with Crippen molar-refractivity contribution in [3.8, 4) is 67.1 Å². The van der Waals surface area contributed by atoms with E-state index in [0.717, 1.165) is 45.0 Å². The van der Waals surface area contributed by atoms with E-state index in [0.29, 0.717) is 0 Å². The van der Waals surface area contributed by atoms with Crippen LogP contribution in [0.5, 0.6) is 11.5 Å². The number of anilines is 6. The van der Waals surface area contributed by atoms with Crippen LogP contribution in [0.25, 0.3) is 55.6 Å². The molecular weight excluding hydrogens is 872 g/mol. The molecule has 0 atom stereocenters. The molecule has 0 saturated heterocycles. The van der Waals surface area contributed by atoms with Gasteiger partial charge >= 0.3 is 0 Å². The van der Waals surface area contributed by atoms with E-state index in [-0.39, 0.29) is 17.5 Å². The van der Waals surface area contributed by atoms with Crippen molar-refractivity contribution in [2.45, 2.75) is 52.4 Å². The maximum absolute atomic E-state index is 7.24. The lowest BCUT2D eigenvalue weighted by Crippen LogP contribution is -2.61. The van der Waals surface area contributed by atoms with Crippen molar-refractivity contribution in [1.82, 2.24) is 0 Å². The van der Waals surface area contributed by atoms with Crippen LogP contribution in [-0.2, 0) is 10.8 Å². The standard InChI is InChI=1S/C68H55BN2O/c1-67(2,3)50-42-60-64-61(43-50)71-65-54(29-20-30-56(65)68(4,5)6)52-27-16-18-31-62(52)72-63-32-19-17-28-53(63)55-39-49(46-25-14-9-15-26-46)41-58(66(55)71)69(64)57-40-48(45-23-12-8-13-24-45)35-38-59(57)70(60)51-36-33-47(34-37-51)44-21-10-7-11-22-44/h7-43H,1-6H3. The van der Waals surface area contributed by atoms with Gasteiger partial charge in [0.1, 0.15) is 11.5 Å². The number of para-hydroxylation sites is 3. The van der Waals surface area contributed by atoms with Gasteiger partial charge in [-0.3, -0.25) is 0 Å². The van der Waals surface area contributed by atoms with Gasteiger partial charge in [-0.25, -0.2) is 0 Å². The second kappa shape index (κ2) is 16.6. The van der Waals surface area contributed by atoms with Gasteiger partial charge in [0.05, 0.1) is 5.69 Å². The maximum atomic E-state index is 7.24. The number of fused-ring (bicyclic) bond motifs is 10. The molecule has 3 aliphatic heterocycles. The quantitative estimate of drug-likeness (QED) is 0.164. The molecule has 0 amide bonds. The topological polar surface area (TPSA) is 15.7 Å². The Morgan fingerprint density at radius 2 is 0.847 bits per heavy atom. The van der Waals surface area contributed by atoms with Gasteiger partial charge < -0.3 is 14.5 Å². The third-order valence-corrected chi connectivity index (χ3v) is 15.1. The van der Waals surface area contributed by atoms with Gasteiger partial charge in [0.25, 0.3) is 6.71 Å². The summed E-state index contributed by atoms with van der Waals surface area (Å²) >= 11 is 0. The van der Waals surface area contributed by atoms with Gasteiger partial charge in [-0.05, 0) is 120 Å². The Hall–Kier alpha value is -8.34. The van der Waals surface area contributed by atoms with Crippen molar-refractivity contribution in [2.75, 3.05) is 9.80 Å². The fourth-order valence-corrected chi connectivity index (χ4v) is 11.6. The number of hydrogen-bond donors (Lipinski definition) is 0. The first-order valence-corrected chi connectivity index (χ1v) is 25.4. The number of rotatable bonds is 4. The SMILES string of the molecule is CC(C)(C)c1cc2c3c(c1)N1c4c(cc(-c5ccccc5)cc4-c4ccccc4Oc4ccccc4-c4cccc(C(C)(C)C)c41)B3c1cc(-c3ccccc3)ccc1N2c1ccc(-c2ccccc2)cc1. The number of hydrogen-bond acceptors (Lipinski definition) is 3. The molecule has 13 rings (SSSR count). The van der Waals surface area contributed by atoms with Crippen molar-refractivity contribution in [3.63, 3.8) is 0 Å². The largest absolute Gasteiger partial charge is 0.456 e. The van der Waals surface area contributed by atoms with E-state index in [9.17, 15) is 0 Å². The van der Waals surface area contributed by atoms with Gasteiger partial charge in [0, 0.05) is 50.7 Å². The van der Waals surface area contributed by atoms with E-state index in [1.165, 1.54) is 83.8 Å². The second-order valence-electron chi connectivity index (χ2n) is 21.7. The Kier molecular flexibility index (Phi) is 10.1. The van der Waals surface area contributed by atoms with Crippen molar-refractivity contribution < 1.29 is 4.74 Å². The van der Waals surface area contributed by atoms with E-state index in [2.05, 4.69) is 276 Å². The Morgan fingerprint density at radius 3 is 1.46 bits per heavy atom. The van der Waals surface area contributed by atoms with Crippen molar-refractivity contribution in [3.05, 3.63) is 236 Å². The van der Waals surface area contributed by atoms with Gasteiger partial charge in [-0.1, -0.05) is 217 Å². The maximum Gasteiger partial charge on any atom is 0.252 e. The highest BCUT2D eigenvalue weighted by Crippen LogP contribution is 2.56. The molecule has 3 heterocycles. The lowest BCUT2D eigenvalue weighted by Gasteiger charge is -2.47. The average molecular weight is 927 g/mol.